The van der Waals surface area contributed by atoms with E-state index in [0.29, 0.717) is 30.5 Å². The third kappa shape index (κ3) is 3.83. The molecule has 6 rings (SSSR count). The molecular weight excluding hydrogens is 440 g/mol. The first-order valence-electron chi connectivity index (χ1n) is 12.0. The number of nitrogens with zero attached hydrogens (tertiary/aromatic N) is 5. The smallest absolute Gasteiger partial charge is 0.260 e. The van der Waals surface area contributed by atoms with Gasteiger partial charge in [-0.15, -0.1) is 0 Å². The Morgan fingerprint density at radius 1 is 1.26 bits per heavy atom. The number of benzene rings is 1. The first-order chi connectivity index (χ1) is 16.9. The number of nitrogen functional groups attached to an aromatic ring is 1. The van der Waals surface area contributed by atoms with Gasteiger partial charge < -0.3 is 15.4 Å². The lowest BCUT2D eigenvalue weighted by Crippen LogP contribution is -2.31. The van der Waals surface area contributed by atoms with E-state index in [2.05, 4.69) is 21.1 Å². The number of anilines is 2. The van der Waals surface area contributed by atoms with Gasteiger partial charge in [0.15, 0.2) is 0 Å². The van der Waals surface area contributed by atoms with Crippen LogP contribution >= 0.6 is 0 Å². The number of ether oxygens (including phenoxy) is 1. The van der Waals surface area contributed by atoms with E-state index < -0.39 is 0 Å². The Morgan fingerprint density at radius 2 is 2.09 bits per heavy atom. The minimum Gasteiger partial charge on any atom is -0.383 e. The molecule has 1 aromatic carbocycles. The lowest BCUT2D eigenvalue weighted by Gasteiger charge is -2.23. The monoisotopic (exact) mass is 468 g/mol. The SMILES string of the molecule is Cc1nn(C)cc1N(Cc1ccc2c3c(c(N)nc2c1)[C@@H](C)OC3)C(=O)c1ccc(C2CC2)nc1. The molecule has 8 heteroatoms. The Kier molecular flexibility index (Phi) is 5.07. The summed E-state index contributed by atoms with van der Waals surface area (Å²) < 4.78 is 7.53. The Hall–Kier alpha value is -3.78. The summed E-state index contributed by atoms with van der Waals surface area (Å²) in [7, 11) is 1.86. The zero-order valence-corrected chi connectivity index (χ0v) is 20.2. The molecule has 8 nitrogen and oxygen atoms in total. The van der Waals surface area contributed by atoms with Gasteiger partial charge in [-0.25, -0.2) is 4.98 Å². The number of aromatic nitrogens is 4. The number of carbonyl (C=O) groups is 1. The molecule has 2 aliphatic rings. The van der Waals surface area contributed by atoms with Crippen LogP contribution < -0.4 is 10.6 Å². The first-order valence-corrected chi connectivity index (χ1v) is 12.0. The van der Waals surface area contributed by atoms with E-state index in [1.54, 1.807) is 15.8 Å². The Balaban J connectivity index is 1.37. The molecular formula is C27H28N6O2. The van der Waals surface area contributed by atoms with Gasteiger partial charge in [0.05, 0.1) is 41.7 Å². The predicted molar refractivity (Wildman–Crippen MR) is 134 cm³/mol. The summed E-state index contributed by atoms with van der Waals surface area (Å²) in [6.07, 6.45) is 5.87. The molecule has 4 heterocycles. The quantitative estimate of drug-likeness (QED) is 0.461. The standard InChI is InChI=1S/C27H28N6O2/c1-15-24(13-32(3)31-15)33(27(34)19-7-9-22(29-11-19)18-5-6-18)12-17-4-8-20-21-14-35-16(2)25(21)26(28)30-23(20)10-17/h4,7-11,13,16,18H,5-6,12,14H2,1-3H3,(H2,28,30)/t16-/m1/s1. The highest BCUT2D eigenvalue weighted by molar-refractivity contribution is 6.06. The molecule has 1 saturated carbocycles. The maximum Gasteiger partial charge on any atom is 0.260 e. The van der Waals surface area contributed by atoms with Crippen LogP contribution in [0.3, 0.4) is 0 Å². The van der Waals surface area contributed by atoms with Gasteiger partial charge in [0.25, 0.3) is 5.91 Å². The molecule has 0 unspecified atom stereocenters. The van der Waals surface area contributed by atoms with Crippen LogP contribution in [0.25, 0.3) is 10.9 Å². The second-order valence-corrected chi connectivity index (χ2v) is 9.60. The van der Waals surface area contributed by atoms with Gasteiger partial charge in [-0.1, -0.05) is 12.1 Å². The van der Waals surface area contributed by atoms with Crippen molar-refractivity contribution in [2.24, 2.45) is 7.05 Å². The highest BCUT2D eigenvalue weighted by Gasteiger charge is 2.28. The second kappa shape index (κ2) is 8.16. The van der Waals surface area contributed by atoms with E-state index in [4.69, 9.17) is 10.5 Å². The predicted octanol–water partition coefficient (Wildman–Crippen LogP) is 4.57. The number of hydrogen-bond acceptors (Lipinski definition) is 6. The highest BCUT2D eigenvalue weighted by Crippen LogP contribution is 2.39. The summed E-state index contributed by atoms with van der Waals surface area (Å²) in [5.74, 6) is 0.940. The van der Waals surface area contributed by atoms with Crippen LogP contribution in [0.2, 0.25) is 0 Å². The van der Waals surface area contributed by atoms with E-state index in [0.717, 1.165) is 44.7 Å². The molecule has 3 aromatic heterocycles. The second-order valence-electron chi connectivity index (χ2n) is 9.60. The molecule has 0 saturated heterocycles. The maximum absolute atomic E-state index is 13.7. The molecule has 1 atom stereocenters. The van der Waals surface area contributed by atoms with Gasteiger partial charge in [-0.3, -0.25) is 14.5 Å². The van der Waals surface area contributed by atoms with Crippen molar-refractivity contribution in [2.75, 3.05) is 10.6 Å². The molecule has 2 N–H and O–H groups in total. The van der Waals surface area contributed by atoms with E-state index in [-0.39, 0.29) is 12.0 Å². The lowest BCUT2D eigenvalue weighted by atomic mass is 10.0. The molecule has 0 radical (unpaired) electrons. The number of amides is 1. The third-order valence-electron chi connectivity index (χ3n) is 7.01. The molecule has 0 spiro atoms. The van der Waals surface area contributed by atoms with Crippen LogP contribution in [-0.2, 0) is 24.9 Å². The van der Waals surface area contributed by atoms with Crippen molar-refractivity contribution in [3.63, 3.8) is 0 Å². The molecule has 1 aliphatic carbocycles. The largest absolute Gasteiger partial charge is 0.383 e. The van der Waals surface area contributed by atoms with Crippen LogP contribution in [0.15, 0.2) is 42.7 Å². The number of hydrogen-bond donors (Lipinski definition) is 1. The van der Waals surface area contributed by atoms with Crippen molar-refractivity contribution in [1.29, 1.82) is 0 Å². The van der Waals surface area contributed by atoms with Gasteiger partial charge in [0.1, 0.15) is 5.82 Å². The van der Waals surface area contributed by atoms with Gasteiger partial charge in [0, 0.05) is 42.0 Å². The van der Waals surface area contributed by atoms with Crippen LogP contribution in [0, 0.1) is 6.92 Å². The Bertz CT molecular complexity index is 1460. The van der Waals surface area contributed by atoms with Gasteiger partial charge in [-0.2, -0.15) is 5.10 Å². The molecule has 1 aliphatic heterocycles. The molecule has 35 heavy (non-hydrogen) atoms. The Morgan fingerprint density at radius 3 is 2.77 bits per heavy atom. The number of pyridine rings is 2. The summed E-state index contributed by atoms with van der Waals surface area (Å²) >= 11 is 0. The minimum absolute atomic E-state index is 0.0526. The fourth-order valence-corrected chi connectivity index (χ4v) is 5.02. The highest BCUT2D eigenvalue weighted by atomic mass is 16.5. The summed E-state index contributed by atoms with van der Waals surface area (Å²) in [5.41, 5.74) is 13.3. The van der Waals surface area contributed by atoms with Crippen molar-refractivity contribution in [3.8, 4) is 0 Å². The molecule has 4 aromatic rings. The molecule has 0 bridgehead atoms. The van der Waals surface area contributed by atoms with Crippen molar-refractivity contribution in [2.45, 2.75) is 51.9 Å². The number of carbonyl (C=O) groups excluding carboxylic acids is 1. The van der Waals surface area contributed by atoms with Crippen molar-refractivity contribution in [3.05, 3.63) is 76.4 Å². The zero-order chi connectivity index (χ0) is 24.3. The van der Waals surface area contributed by atoms with E-state index >= 15 is 0 Å². The number of nitrogens with two attached hydrogens (primary N) is 1. The van der Waals surface area contributed by atoms with Crippen LogP contribution in [0.5, 0.6) is 0 Å². The molecule has 1 fully saturated rings. The van der Waals surface area contributed by atoms with E-state index in [1.807, 2.05) is 51.4 Å². The first kappa shape index (κ1) is 21.7. The normalized spacial score (nSPS) is 17.1. The summed E-state index contributed by atoms with van der Waals surface area (Å²) in [5, 5.41) is 5.51. The van der Waals surface area contributed by atoms with Crippen molar-refractivity contribution in [1.82, 2.24) is 19.7 Å². The number of rotatable bonds is 5. The van der Waals surface area contributed by atoms with Crippen molar-refractivity contribution < 1.29 is 9.53 Å². The summed E-state index contributed by atoms with van der Waals surface area (Å²) in [6, 6.07) is 9.97. The van der Waals surface area contributed by atoms with E-state index in [1.165, 1.54) is 12.8 Å². The van der Waals surface area contributed by atoms with Crippen LogP contribution in [0.4, 0.5) is 11.5 Å². The minimum atomic E-state index is -0.111. The fraction of sp³-hybridized carbons (Fsp3) is 0.333. The third-order valence-corrected chi connectivity index (χ3v) is 7.01. The number of fused-ring (bicyclic) bond motifs is 3. The van der Waals surface area contributed by atoms with E-state index in [9.17, 15) is 4.79 Å². The number of aryl methyl sites for hydroxylation is 2. The Labute approximate surface area is 203 Å². The van der Waals surface area contributed by atoms with Gasteiger partial charge in [-0.05, 0) is 56.0 Å². The van der Waals surface area contributed by atoms with Crippen LogP contribution in [0.1, 0.15) is 70.2 Å². The average Bonchev–Trinajstić information content (AvgIpc) is 3.54. The van der Waals surface area contributed by atoms with Crippen molar-refractivity contribution >= 4 is 28.3 Å². The molecule has 178 valence electrons. The average molecular weight is 469 g/mol. The summed E-state index contributed by atoms with van der Waals surface area (Å²) in [4.78, 5) is 24.7. The maximum atomic E-state index is 13.7. The lowest BCUT2D eigenvalue weighted by molar-refractivity contribution is 0.0801. The molecule has 1 amide bonds. The van der Waals surface area contributed by atoms with Gasteiger partial charge >= 0.3 is 0 Å². The zero-order valence-electron chi connectivity index (χ0n) is 20.2. The topological polar surface area (TPSA) is 99.2 Å². The van der Waals surface area contributed by atoms with Gasteiger partial charge in [0.2, 0.25) is 0 Å². The summed E-state index contributed by atoms with van der Waals surface area (Å²) in [6.45, 7) is 4.81. The van der Waals surface area contributed by atoms with Crippen LogP contribution in [-0.4, -0.2) is 25.7 Å². The fourth-order valence-electron chi connectivity index (χ4n) is 5.02.